The number of rotatable bonds is 1. The van der Waals surface area contributed by atoms with Crippen LogP contribution in [0.2, 0.25) is 0 Å². The van der Waals surface area contributed by atoms with Crippen LogP contribution in [0.3, 0.4) is 0 Å². The molecule has 0 aliphatic heterocycles. The van der Waals surface area contributed by atoms with Crippen LogP contribution in [0, 0.1) is 5.41 Å². The first-order chi connectivity index (χ1) is 6.34. The van der Waals surface area contributed by atoms with Gasteiger partial charge in [0, 0.05) is 12.4 Å². The molecule has 0 radical (unpaired) electrons. The molecule has 2 nitrogen and oxygen atoms in total. The highest BCUT2D eigenvalue weighted by Crippen LogP contribution is 1.78. The fraction of sp³-hybridized carbons (Fsp3) is 0.364. The van der Waals surface area contributed by atoms with Gasteiger partial charge in [0.05, 0.1) is 0 Å². The van der Waals surface area contributed by atoms with Gasteiger partial charge >= 0.3 is 0 Å². The van der Waals surface area contributed by atoms with Crippen LogP contribution in [-0.4, -0.2) is 4.57 Å². The van der Waals surface area contributed by atoms with E-state index in [1.807, 2.05) is 39.8 Å². The SMILES string of the molecule is C=Cn1ccccc1=N.CC.CC. The van der Waals surface area contributed by atoms with E-state index in [2.05, 4.69) is 6.58 Å². The van der Waals surface area contributed by atoms with Gasteiger partial charge in [-0.3, -0.25) is 5.41 Å². The Hall–Kier alpha value is -1.31. The summed E-state index contributed by atoms with van der Waals surface area (Å²) < 4.78 is 1.64. The lowest BCUT2D eigenvalue weighted by Gasteiger charge is -1.94. The van der Waals surface area contributed by atoms with Crippen molar-refractivity contribution in [2.24, 2.45) is 0 Å². The van der Waals surface area contributed by atoms with E-state index in [4.69, 9.17) is 5.41 Å². The second-order valence-corrected chi connectivity index (χ2v) is 1.68. The molecule has 0 aliphatic carbocycles. The standard InChI is InChI=1S/C7H8N2.2C2H6/c1-2-9-6-4-3-5-7(9)8;2*1-2/h2-6,8H,1H2;2*1-2H3. The molecule has 0 atom stereocenters. The zero-order valence-corrected chi connectivity index (χ0v) is 9.04. The minimum Gasteiger partial charge on any atom is -0.310 e. The van der Waals surface area contributed by atoms with Gasteiger partial charge in [-0.25, -0.2) is 0 Å². The Bertz CT molecular complexity index is 261. The number of hydrogen-bond acceptors (Lipinski definition) is 1. The third-order valence-electron chi connectivity index (χ3n) is 1.09. The monoisotopic (exact) mass is 180 g/mol. The number of nitrogens with zero attached hydrogens (tertiary/aromatic N) is 1. The number of aromatic nitrogens is 1. The Morgan fingerprint density at radius 2 is 1.77 bits per heavy atom. The zero-order chi connectivity index (χ0) is 10.7. The molecule has 0 saturated carbocycles. The highest BCUT2D eigenvalue weighted by molar-refractivity contribution is 5.16. The summed E-state index contributed by atoms with van der Waals surface area (Å²) in [6.45, 7) is 11.5. The largest absolute Gasteiger partial charge is 0.310 e. The first kappa shape index (κ1) is 14.2. The highest BCUT2D eigenvalue weighted by Gasteiger charge is 1.78. The molecule has 1 rings (SSSR count). The van der Waals surface area contributed by atoms with Crippen molar-refractivity contribution in [3.8, 4) is 0 Å². The molecule has 0 amide bonds. The summed E-state index contributed by atoms with van der Waals surface area (Å²) in [4.78, 5) is 0. The third-order valence-corrected chi connectivity index (χ3v) is 1.09. The molecule has 0 spiro atoms. The summed E-state index contributed by atoms with van der Waals surface area (Å²) in [6.07, 6.45) is 3.39. The molecule has 2 heteroatoms. The minimum absolute atomic E-state index is 0.451. The number of hydrogen-bond donors (Lipinski definition) is 1. The fourth-order valence-corrected chi connectivity index (χ4v) is 0.615. The van der Waals surface area contributed by atoms with E-state index in [0.29, 0.717) is 5.49 Å². The van der Waals surface area contributed by atoms with Gasteiger partial charge in [0.2, 0.25) is 0 Å². The van der Waals surface area contributed by atoms with Crippen LogP contribution in [0.5, 0.6) is 0 Å². The van der Waals surface area contributed by atoms with Crippen molar-refractivity contribution in [2.45, 2.75) is 27.7 Å². The van der Waals surface area contributed by atoms with Crippen molar-refractivity contribution in [3.05, 3.63) is 36.5 Å². The molecule has 0 saturated heterocycles. The van der Waals surface area contributed by atoms with Crippen molar-refractivity contribution >= 4 is 6.20 Å². The Balaban J connectivity index is 0. The van der Waals surface area contributed by atoms with E-state index >= 15 is 0 Å². The molecule has 13 heavy (non-hydrogen) atoms. The van der Waals surface area contributed by atoms with Crippen LogP contribution in [0.4, 0.5) is 0 Å². The molecular formula is C11H20N2. The molecule has 1 heterocycles. The lowest BCUT2D eigenvalue weighted by Crippen LogP contribution is -2.11. The summed E-state index contributed by atoms with van der Waals surface area (Å²) in [5, 5.41) is 7.26. The molecule has 0 aliphatic rings. The van der Waals surface area contributed by atoms with Crippen molar-refractivity contribution in [1.82, 2.24) is 4.57 Å². The van der Waals surface area contributed by atoms with Gasteiger partial charge in [-0.15, -0.1) is 0 Å². The summed E-state index contributed by atoms with van der Waals surface area (Å²) in [6, 6.07) is 5.39. The van der Waals surface area contributed by atoms with Gasteiger partial charge in [0.15, 0.2) is 0 Å². The zero-order valence-electron chi connectivity index (χ0n) is 9.04. The third kappa shape index (κ3) is 5.91. The predicted molar refractivity (Wildman–Crippen MR) is 59.4 cm³/mol. The summed E-state index contributed by atoms with van der Waals surface area (Å²) >= 11 is 0. The first-order valence-electron chi connectivity index (χ1n) is 4.69. The van der Waals surface area contributed by atoms with Crippen molar-refractivity contribution in [3.63, 3.8) is 0 Å². The van der Waals surface area contributed by atoms with Crippen LogP contribution in [0.1, 0.15) is 27.7 Å². The summed E-state index contributed by atoms with van der Waals surface area (Å²) in [7, 11) is 0. The van der Waals surface area contributed by atoms with Gasteiger partial charge in [-0.1, -0.05) is 40.3 Å². The summed E-state index contributed by atoms with van der Waals surface area (Å²) in [5.41, 5.74) is 0.451. The van der Waals surface area contributed by atoms with Gasteiger partial charge in [0.1, 0.15) is 5.49 Å². The lowest BCUT2D eigenvalue weighted by atomic mass is 10.5. The van der Waals surface area contributed by atoms with Gasteiger partial charge in [0.25, 0.3) is 0 Å². The molecule has 1 N–H and O–H groups in total. The average Bonchev–Trinajstić information content (AvgIpc) is 2.24. The van der Waals surface area contributed by atoms with E-state index in [1.54, 1.807) is 23.0 Å². The Labute approximate surface area is 81.1 Å². The van der Waals surface area contributed by atoms with Crippen molar-refractivity contribution in [2.75, 3.05) is 0 Å². The molecule has 0 fully saturated rings. The Kier molecular flexibility index (Phi) is 11.7. The van der Waals surface area contributed by atoms with Crippen molar-refractivity contribution in [1.29, 1.82) is 5.41 Å². The minimum atomic E-state index is 0.451. The van der Waals surface area contributed by atoms with Gasteiger partial charge in [-0.05, 0) is 12.1 Å². The fourth-order valence-electron chi connectivity index (χ4n) is 0.615. The maximum atomic E-state index is 7.26. The first-order valence-corrected chi connectivity index (χ1v) is 4.69. The predicted octanol–water partition coefficient (Wildman–Crippen LogP) is 3.12. The second-order valence-electron chi connectivity index (χ2n) is 1.68. The van der Waals surface area contributed by atoms with Crippen LogP contribution in [0.15, 0.2) is 31.0 Å². The van der Waals surface area contributed by atoms with E-state index in [9.17, 15) is 0 Å². The van der Waals surface area contributed by atoms with Crippen LogP contribution in [0.25, 0.3) is 6.20 Å². The molecule has 74 valence electrons. The molecular weight excluding hydrogens is 160 g/mol. The quantitative estimate of drug-likeness (QED) is 0.688. The number of nitrogens with one attached hydrogen (secondary N) is 1. The molecule has 0 aromatic carbocycles. The van der Waals surface area contributed by atoms with E-state index in [0.717, 1.165) is 0 Å². The van der Waals surface area contributed by atoms with Crippen LogP contribution in [-0.2, 0) is 0 Å². The normalized spacial score (nSPS) is 7.08. The second kappa shape index (κ2) is 10.7. The van der Waals surface area contributed by atoms with Crippen LogP contribution >= 0.6 is 0 Å². The highest BCUT2D eigenvalue weighted by atomic mass is 14.9. The van der Waals surface area contributed by atoms with E-state index < -0.39 is 0 Å². The molecule has 0 bridgehead atoms. The Morgan fingerprint density at radius 3 is 2.08 bits per heavy atom. The van der Waals surface area contributed by atoms with Gasteiger partial charge in [-0.2, -0.15) is 0 Å². The number of pyridine rings is 1. The van der Waals surface area contributed by atoms with Crippen molar-refractivity contribution < 1.29 is 0 Å². The summed E-state index contributed by atoms with van der Waals surface area (Å²) in [5.74, 6) is 0. The maximum absolute atomic E-state index is 7.26. The Morgan fingerprint density at radius 1 is 1.23 bits per heavy atom. The topological polar surface area (TPSA) is 28.8 Å². The average molecular weight is 180 g/mol. The maximum Gasteiger partial charge on any atom is 0.128 e. The molecule has 1 aromatic rings. The van der Waals surface area contributed by atoms with Crippen LogP contribution < -0.4 is 5.49 Å². The molecule has 0 unspecified atom stereocenters. The lowest BCUT2D eigenvalue weighted by molar-refractivity contribution is 0.977. The van der Waals surface area contributed by atoms with Gasteiger partial charge < -0.3 is 4.57 Å². The van der Waals surface area contributed by atoms with E-state index in [-0.39, 0.29) is 0 Å². The van der Waals surface area contributed by atoms with E-state index in [1.165, 1.54) is 0 Å². The smallest absolute Gasteiger partial charge is 0.128 e. The molecule has 1 aromatic heterocycles.